The lowest BCUT2D eigenvalue weighted by Gasteiger charge is -2.18. The molecular weight excluding hydrogens is 436 g/mol. The molecule has 1 fully saturated rings. The predicted molar refractivity (Wildman–Crippen MR) is 128 cm³/mol. The molecule has 34 heavy (non-hydrogen) atoms. The van der Waals surface area contributed by atoms with Crippen LogP contribution >= 0.6 is 0 Å². The Bertz CT molecular complexity index is 1160. The maximum atomic E-state index is 13.0. The third kappa shape index (κ3) is 4.91. The molecule has 176 valence electrons. The summed E-state index contributed by atoms with van der Waals surface area (Å²) < 4.78 is 21.8. The van der Waals surface area contributed by atoms with Crippen molar-refractivity contribution < 1.29 is 28.5 Å². The molecule has 4 rings (SSSR count). The molecule has 1 aliphatic rings. The number of nitrogens with one attached hydrogen (secondary N) is 1. The maximum Gasteiger partial charge on any atom is 0.256 e. The molecule has 1 heterocycles. The zero-order chi connectivity index (χ0) is 24.1. The van der Waals surface area contributed by atoms with Gasteiger partial charge in [0.25, 0.3) is 5.91 Å². The summed E-state index contributed by atoms with van der Waals surface area (Å²) in [6.07, 6.45) is 0.0532. The van der Waals surface area contributed by atoms with Gasteiger partial charge in [0.05, 0.1) is 32.9 Å². The van der Waals surface area contributed by atoms with Crippen molar-refractivity contribution in [1.82, 2.24) is 0 Å². The highest BCUT2D eigenvalue weighted by Crippen LogP contribution is 2.34. The second kappa shape index (κ2) is 10.2. The molecule has 3 aromatic rings. The Kier molecular flexibility index (Phi) is 6.87. The number of benzene rings is 3. The van der Waals surface area contributed by atoms with Gasteiger partial charge in [-0.15, -0.1) is 0 Å². The van der Waals surface area contributed by atoms with Gasteiger partial charge in [-0.3, -0.25) is 9.59 Å². The monoisotopic (exact) mass is 462 g/mol. The van der Waals surface area contributed by atoms with Crippen molar-refractivity contribution in [3.8, 4) is 28.7 Å². The SMILES string of the molecule is CCOc1ccc(Oc2ccc(NC3CC(=O)N(c4ccc(OC)c(OC)c4)C3=O)cc2)cc1. The standard InChI is InChI=1S/C26H26N2O6/c1-4-33-19-10-12-21(13-11-19)34-20-8-5-17(6-9-20)27-22-16-25(29)28(26(22)30)18-7-14-23(31-2)24(15-18)32-3/h5-15,22,27H,4,16H2,1-3H3. The number of rotatable bonds is 9. The number of hydrogen-bond acceptors (Lipinski definition) is 7. The van der Waals surface area contributed by atoms with E-state index in [-0.39, 0.29) is 18.2 Å². The molecule has 0 radical (unpaired) electrons. The number of ether oxygens (including phenoxy) is 4. The molecule has 2 amide bonds. The highest BCUT2D eigenvalue weighted by atomic mass is 16.5. The molecule has 0 spiro atoms. The Balaban J connectivity index is 1.41. The van der Waals surface area contributed by atoms with Crippen molar-refractivity contribution in [2.24, 2.45) is 0 Å². The molecule has 3 aromatic carbocycles. The molecule has 0 aromatic heterocycles. The highest BCUT2D eigenvalue weighted by molar-refractivity contribution is 6.23. The van der Waals surface area contributed by atoms with E-state index in [1.54, 1.807) is 42.5 Å². The van der Waals surface area contributed by atoms with Crippen LogP contribution in [0.1, 0.15) is 13.3 Å². The summed E-state index contributed by atoms with van der Waals surface area (Å²) in [6, 6.07) is 18.8. The molecular formula is C26H26N2O6. The number of nitrogens with zero attached hydrogens (tertiary/aromatic N) is 1. The number of carbonyl (C=O) groups is 2. The summed E-state index contributed by atoms with van der Waals surface area (Å²) in [7, 11) is 3.03. The molecule has 1 N–H and O–H groups in total. The van der Waals surface area contributed by atoms with Crippen molar-refractivity contribution >= 4 is 23.2 Å². The Labute approximate surface area is 198 Å². The van der Waals surface area contributed by atoms with Crippen molar-refractivity contribution in [3.05, 3.63) is 66.7 Å². The van der Waals surface area contributed by atoms with Gasteiger partial charge in [0.1, 0.15) is 23.3 Å². The lowest BCUT2D eigenvalue weighted by molar-refractivity contribution is -0.121. The van der Waals surface area contributed by atoms with Gasteiger partial charge in [0, 0.05) is 11.8 Å². The minimum Gasteiger partial charge on any atom is -0.494 e. The van der Waals surface area contributed by atoms with E-state index in [0.29, 0.717) is 41.0 Å². The zero-order valence-electron chi connectivity index (χ0n) is 19.2. The van der Waals surface area contributed by atoms with Crippen molar-refractivity contribution in [2.75, 3.05) is 31.0 Å². The van der Waals surface area contributed by atoms with E-state index in [2.05, 4.69) is 5.32 Å². The Morgan fingerprint density at radius 3 is 2.09 bits per heavy atom. The summed E-state index contributed by atoms with van der Waals surface area (Å²) in [5, 5.41) is 3.14. The van der Waals surface area contributed by atoms with Gasteiger partial charge in [-0.25, -0.2) is 4.90 Å². The van der Waals surface area contributed by atoms with Crippen LogP contribution in [0.25, 0.3) is 0 Å². The first-order chi connectivity index (χ1) is 16.5. The maximum absolute atomic E-state index is 13.0. The summed E-state index contributed by atoms with van der Waals surface area (Å²) in [5.74, 6) is 2.47. The van der Waals surface area contributed by atoms with Gasteiger partial charge < -0.3 is 24.3 Å². The molecule has 8 heteroatoms. The van der Waals surface area contributed by atoms with Crippen LogP contribution in [0.15, 0.2) is 66.7 Å². The van der Waals surface area contributed by atoms with Gasteiger partial charge in [-0.2, -0.15) is 0 Å². The van der Waals surface area contributed by atoms with Crippen LogP contribution in [0, 0.1) is 0 Å². The molecule has 0 bridgehead atoms. The largest absolute Gasteiger partial charge is 0.494 e. The normalized spacial score (nSPS) is 15.3. The highest BCUT2D eigenvalue weighted by Gasteiger charge is 2.39. The zero-order valence-corrected chi connectivity index (χ0v) is 19.2. The van der Waals surface area contributed by atoms with E-state index in [4.69, 9.17) is 18.9 Å². The van der Waals surface area contributed by atoms with E-state index >= 15 is 0 Å². The van der Waals surface area contributed by atoms with E-state index < -0.39 is 6.04 Å². The second-order valence-corrected chi connectivity index (χ2v) is 7.54. The Morgan fingerprint density at radius 1 is 0.853 bits per heavy atom. The van der Waals surface area contributed by atoms with Gasteiger partial charge in [0.15, 0.2) is 11.5 Å². The van der Waals surface area contributed by atoms with Crippen LogP contribution < -0.4 is 29.2 Å². The molecule has 1 saturated heterocycles. The Morgan fingerprint density at radius 2 is 1.47 bits per heavy atom. The number of amides is 2. The predicted octanol–water partition coefficient (Wildman–Crippen LogP) is 4.64. The minimum absolute atomic E-state index is 0.0532. The molecule has 8 nitrogen and oxygen atoms in total. The first kappa shape index (κ1) is 23.0. The first-order valence-electron chi connectivity index (χ1n) is 10.9. The van der Waals surface area contributed by atoms with Gasteiger partial charge >= 0.3 is 0 Å². The van der Waals surface area contributed by atoms with Gasteiger partial charge in [-0.1, -0.05) is 0 Å². The lowest BCUT2D eigenvalue weighted by Crippen LogP contribution is -2.34. The van der Waals surface area contributed by atoms with E-state index in [1.807, 2.05) is 31.2 Å². The fourth-order valence-corrected chi connectivity index (χ4v) is 3.71. The molecule has 1 atom stereocenters. The smallest absolute Gasteiger partial charge is 0.256 e. The lowest BCUT2D eigenvalue weighted by atomic mass is 10.2. The summed E-state index contributed by atoms with van der Waals surface area (Å²) in [5.41, 5.74) is 1.15. The molecule has 1 unspecified atom stereocenters. The van der Waals surface area contributed by atoms with Crippen LogP contribution in [-0.4, -0.2) is 38.7 Å². The third-order valence-corrected chi connectivity index (χ3v) is 5.34. The van der Waals surface area contributed by atoms with Crippen molar-refractivity contribution in [1.29, 1.82) is 0 Å². The van der Waals surface area contributed by atoms with Crippen LogP contribution in [0.2, 0.25) is 0 Å². The fourth-order valence-electron chi connectivity index (χ4n) is 3.71. The number of methoxy groups -OCH3 is 2. The van der Waals surface area contributed by atoms with Crippen molar-refractivity contribution in [2.45, 2.75) is 19.4 Å². The fraction of sp³-hybridized carbons (Fsp3) is 0.231. The number of carbonyl (C=O) groups excluding carboxylic acids is 2. The molecule has 1 aliphatic heterocycles. The molecule has 0 saturated carbocycles. The van der Waals surface area contributed by atoms with Crippen LogP contribution in [0.3, 0.4) is 0 Å². The summed E-state index contributed by atoms with van der Waals surface area (Å²) in [6.45, 7) is 2.54. The van der Waals surface area contributed by atoms with E-state index in [0.717, 1.165) is 5.75 Å². The quantitative estimate of drug-likeness (QED) is 0.464. The van der Waals surface area contributed by atoms with Crippen molar-refractivity contribution in [3.63, 3.8) is 0 Å². The van der Waals surface area contributed by atoms with Crippen LogP contribution in [0.4, 0.5) is 11.4 Å². The minimum atomic E-state index is -0.668. The second-order valence-electron chi connectivity index (χ2n) is 7.54. The Hall–Kier alpha value is -4.20. The average molecular weight is 463 g/mol. The average Bonchev–Trinajstić information content (AvgIpc) is 3.13. The summed E-state index contributed by atoms with van der Waals surface area (Å²) >= 11 is 0. The van der Waals surface area contributed by atoms with Gasteiger partial charge in [-0.05, 0) is 67.6 Å². The van der Waals surface area contributed by atoms with E-state index in [1.165, 1.54) is 19.1 Å². The van der Waals surface area contributed by atoms with Crippen LogP contribution in [0.5, 0.6) is 28.7 Å². The van der Waals surface area contributed by atoms with Gasteiger partial charge in [0.2, 0.25) is 5.91 Å². The van der Waals surface area contributed by atoms with E-state index in [9.17, 15) is 9.59 Å². The molecule has 0 aliphatic carbocycles. The topological polar surface area (TPSA) is 86.3 Å². The first-order valence-corrected chi connectivity index (χ1v) is 10.9. The van der Waals surface area contributed by atoms with Crippen LogP contribution in [-0.2, 0) is 9.59 Å². The number of anilines is 2. The number of hydrogen-bond donors (Lipinski definition) is 1. The third-order valence-electron chi connectivity index (χ3n) is 5.34. The number of imide groups is 1. The summed E-state index contributed by atoms with van der Waals surface area (Å²) in [4.78, 5) is 26.8.